The standard InChI is InChI=1S/C11H21NO3/c1-4-12(7-8-15-3)11(2,10(13)14)9-5-6-9/h9H,4-8H2,1-3H3,(H,13,14). The number of likely N-dealkylation sites (N-methyl/N-ethyl adjacent to an activating group) is 1. The molecule has 4 nitrogen and oxygen atoms in total. The topological polar surface area (TPSA) is 49.8 Å². The molecule has 1 fully saturated rings. The molecule has 0 amide bonds. The predicted molar refractivity (Wildman–Crippen MR) is 57.9 cm³/mol. The maximum atomic E-state index is 11.4. The first-order valence-electron chi connectivity index (χ1n) is 5.54. The maximum absolute atomic E-state index is 11.4. The van der Waals surface area contributed by atoms with Crippen molar-refractivity contribution in [1.82, 2.24) is 4.90 Å². The second kappa shape index (κ2) is 4.94. The Hall–Kier alpha value is -0.610. The molecule has 0 aromatic carbocycles. The van der Waals surface area contributed by atoms with Gasteiger partial charge in [-0.1, -0.05) is 6.92 Å². The van der Waals surface area contributed by atoms with Gasteiger partial charge >= 0.3 is 5.97 Å². The fourth-order valence-corrected chi connectivity index (χ4v) is 2.13. The maximum Gasteiger partial charge on any atom is 0.324 e. The van der Waals surface area contributed by atoms with Crippen LogP contribution in [0.1, 0.15) is 26.7 Å². The molecular formula is C11H21NO3. The van der Waals surface area contributed by atoms with Crippen LogP contribution in [0.4, 0.5) is 0 Å². The molecule has 0 aliphatic heterocycles. The zero-order valence-corrected chi connectivity index (χ0v) is 9.82. The number of aliphatic carboxylic acids is 1. The van der Waals surface area contributed by atoms with Crippen molar-refractivity contribution in [3.63, 3.8) is 0 Å². The first kappa shape index (κ1) is 12.5. The predicted octanol–water partition coefficient (Wildman–Crippen LogP) is 1.21. The van der Waals surface area contributed by atoms with Gasteiger partial charge in [0.2, 0.25) is 0 Å². The molecule has 0 heterocycles. The van der Waals surface area contributed by atoms with Gasteiger partial charge in [-0.25, -0.2) is 0 Å². The molecule has 4 heteroatoms. The zero-order valence-electron chi connectivity index (χ0n) is 9.82. The second-order valence-electron chi connectivity index (χ2n) is 4.30. The van der Waals surface area contributed by atoms with Gasteiger partial charge in [0.05, 0.1) is 6.61 Å². The van der Waals surface area contributed by atoms with E-state index in [4.69, 9.17) is 4.74 Å². The smallest absolute Gasteiger partial charge is 0.324 e. The van der Waals surface area contributed by atoms with Gasteiger partial charge in [-0.15, -0.1) is 0 Å². The van der Waals surface area contributed by atoms with Crippen LogP contribution in [0.5, 0.6) is 0 Å². The van der Waals surface area contributed by atoms with Gasteiger partial charge in [0, 0.05) is 13.7 Å². The minimum Gasteiger partial charge on any atom is -0.480 e. The Balaban J connectivity index is 2.71. The van der Waals surface area contributed by atoms with Crippen LogP contribution >= 0.6 is 0 Å². The second-order valence-corrected chi connectivity index (χ2v) is 4.30. The Bertz CT molecular complexity index is 228. The highest BCUT2D eigenvalue weighted by molar-refractivity contribution is 5.79. The van der Waals surface area contributed by atoms with Crippen LogP contribution in [0.15, 0.2) is 0 Å². The first-order chi connectivity index (χ1) is 7.07. The molecule has 0 aromatic rings. The Morgan fingerprint density at radius 2 is 2.20 bits per heavy atom. The summed E-state index contributed by atoms with van der Waals surface area (Å²) < 4.78 is 5.01. The summed E-state index contributed by atoms with van der Waals surface area (Å²) in [5.41, 5.74) is -0.701. The van der Waals surface area contributed by atoms with E-state index in [9.17, 15) is 9.90 Å². The molecule has 1 unspecified atom stereocenters. The van der Waals surface area contributed by atoms with E-state index in [1.54, 1.807) is 7.11 Å². The van der Waals surface area contributed by atoms with E-state index in [0.29, 0.717) is 19.1 Å². The average Bonchev–Trinajstić information content (AvgIpc) is 3.01. The van der Waals surface area contributed by atoms with Crippen LogP contribution in [0, 0.1) is 5.92 Å². The van der Waals surface area contributed by atoms with Crippen LogP contribution in [0.2, 0.25) is 0 Å². The number of methoxy groups -OCH3 is 1. The molecular weight excluding hydrogens is 194 g/mol. The third-order valence-electron chi connectivity index (χ3n) is 3.41. The molecule has 1 rings (SSSR count). The van der Waals surface area contributed by atoms with Crippen LogP contribution in [0.25, 0.3) is 0 Å². The Labute approximate surface area is 91.2 Å². The van der Waals surface area contributed by atoms with Gasteiger partial charge < -0.3 is 9.84 Å². The SMILES string of the molecule is CCN(CCOC)C(C)(C(=O)O)C1CC1. The van der Waals surface area contributed by atoms with Gasteiger partial charge in [0.25, 0.3) is 0 Å². The van der Waals surface area contributed by atoms with Crippen molar-refractivity contribution >= 4 is 5.97 Å². The molecule has 1 aliphatic rings. The first-order valence-corrected chi connectivity index (χ1v) is 5.54. The van der Waals surface area contributed by atoms with E-state index >= 15 is 0 Å². The summed E-state index contributed by atoms with van der Waals surface area (Å²) in [5.74, 6) is -0.394. The van der Waals surface area contributed by atoms with Gasteiger partial charge in [-0.05, 0) is 32.2 Å². The quantitative estimate of drug-likeness (QED) is 0.693. The Morgan fingerprint density at radius 3 is 2.53 bits per heavy atom. The molecule has 88 valence electrons. The van der Waals surface area contributed by atoms with Gasteiger partial charge in [0.1, 0.15) is 5.54 Å². The fraction of sp³-hybridized carbons (Fsp3) is 0.909. The third kappa shape index (κ3) is 2.49. The van der Waals surface area contributed by atoms with E-state index in [1.807, 2.05) is 18.7 Å². The lowest BCUT2D eigenvalue weighted by atomic mass is 9.93. The molecule has 1 saturated carbocycles. The van der Waals surface area contributed by atoms with Crippen molar-refractivity contribution in [2.45, 2.75) is 32.2 Å². The molecule has 0 saturated heterocycles. The summed E-state index contributed by atoms with van der Waals surface area (Å²) >= 11 is 0. The zero-order chi connectivity index (χ0) is 11.5. The number of carbonyl (C=O) groups is 1. The minimum absolute atomic E-state index is 0.312. The van der Waals surface area contributed by atoms with Crippen molar-refractivity contribution in [2.75, 3.05) is 26.8 Å². The van der Waals surface area contributed by atoms with Crippen LogP contribution in [-0.2, 0) is 9.53 Å². The molecule has 0 spiro atoms. The highest BCUT2D eigenvalue weighted by Crippen LogP contribution is 2.43. The lowest BCUT2D eigenvalue weighted by Crippen LogP contribution is -2.55. The monoisotopic (exact) mass is 215 g/mol. The highest BCUT2D eigenvalue weighted by Gasteiger charge is 2.50. The molecule has 15 heavy (non-hydrogen) atoms. The number of carboxylic acids is 1. The van der Waals surface area contributed by atoms with Gasteiger partial charge in [-0.3, -0.25) is 9.69 Å². The molecule has 0 radical (unpaired) electrons. The van der Waals surface area contributed by atoms with Crippen molar-refractivity contribution in [3.8, 4) is 0 Å². The molecule has 1 atom stereocenters. The lowest BCUT2D eigenvalue weighted by Gasteiger charge is -2.37. The lowest BCUT2D eigenvalue weighted by molar-refractivity contribution is -0.152. The normalized spacial score (nSPS) is 20.3. The van der Waals surface area contributed by atoms with Crippen molar-refractivity contribution in [2.24, 2.45) is 5.92 Å². The van der Waals surface area contributed by atoms with Crippen molar-refractivity contribution in [3.05, 3.63) is 0 Å². The van der Waals surface area contributed by atoms with E-state index in [1.165, 1.54) is 0 Å². The molecule has 0 bridgehead atoms. The van der Waals surface area contributed by atoms with Crippen LogP contribution < -0.4 is 0 Å². The van der Waals surface area contributed by atoms with E-state index < -0.39 is 11.5 Å². The minimum atomic E-state index is -0.706. The number of rotatable bonds is 7. The van der Waals surface area contributed by atoms with Crippen LogP contribution in [0.3, 0.4) is 0 Å². The number of ether oxygens (including phenoxy) is 1. The molecule has 1 aliphatic carbocycles. The summed E-state index contributed by atoms with van der Waals surface area (Å²) in [6.07, 6.45) is 2.07. The van der Waals surface area contributed by atoms with E-state index in [0.717, 1.165) is 19.4 Å². The van der Waals surface area contributed by atoms with Gasteiger partial charge in [0.15, 0.2) is 0 Å². The summed E-state index contributed by atoms with van der Waals surface area (Å²) in [5, 5.41) is 9.36. The highest BCUT2D eigenvalue weighted by atomic mass is 16.5. The fourth-order valence-electron chi connectivity index (χ4n) is 2.13. The third-order valence-corrected chi connectivity index (χ3v) is 3.41. The van der Waals surface area contributed by atoms with Gasteiger partial charge in [-0.2, -0.15) is 0 Å². The van der Waals surface area contributed by atoms with E-state index in [2.05, 4.69) is 0 Å². The summed E-state index contributed by atoms with van der Waals surface area (Å²) in [7, 11) is 1.64. The Kier molecular flexibility index (Phi) is 4.11. The van der Waals surface area contributed by atoms with E-state index in [-0.39, 0.29) is 0 Å². The molecule has 1 N–H and O–H groups in total. The number of nitrogens with zero attached hydrogens (tertiary/aromatic N) is 1. The van der Waals surface area contributed by atoms with Crippen molar-refractivity contribution < 1.29 is 14.6 Å². The summed E-state index contributed by atoms with van der Waals surface area (Å²) in [4.78, 5) is 13.4. The summed E-state index contributed by atoms with van der Waals surface area (Å²) in [6.45, 7) is 5.86. The number of carboxylic acid groups (broad SMARTS) is 1. The number of hydrogen-bond donors (Lipinski definition) is 1. The number of hydrogen-bond acceptors (Lipinski definition) is 3. The Morgan fingerprint density at radius 1 is 1.60 bits per heavy atom. The summed E-state index contributed by atoms with van der Waals surface area (Å²) in [6, 6.07) is 0. The largest absolute Gasteiger partial charge is 0.480 e. The van der Waals surface area contributed by atoms with Crippen LogP contribution in [-0.4, -0.2) is 48.3 Å². The average molecular weight is 215 g/mol. The van der Waals surface area contributed by atoms with Crippen molar-refractivity contribution in [1.29, 1.82) is 0 Å². The molecule has 0 aromatic heterocycles.